The maximum atomic E-state index is 12.0. The number of hydrogen-bond donors (Lipinski definition) is 1. The van der Waals surface area contributed by atoms with Crippen molar-refractivity contribution in [2.24, 2.45) is 5.73 Å². The molecule has 0 unspecified atom stereocenters. The van der Waals surface area contributed by atoms with Crippen molar-refractivity contribution in [3.05, 3.63) is 23.8 Å². The van der Waals surface area contributed by atoms with Gasteiger partial charge >= 0.3 is 0 Å². The molecule has 1 aromatic carbocycles. The van der Waals surface area contributed by atoms with E-state index in [9.17, 15) is 4.79 Å². The zero-order valence-corrected chi connectivity index (χ0v) is 11.1. The lowest BCUT2D eigenvalue weighted by molar-refractivity contribution is -0.119. The van der Waals surface area contributed by atoms with Gasteiger partial charge in [-0.05, 0) is 25.0 Å². The molecule has 4 nitrogen and oxygen atoms in total. The summed E-state index contributed by atoms with van der Waals surface area (Å²) in [5, 5.41) is 0. The number of methoxy groups -OCH3 is 1. The van der Waals surface area contributed by atoms with Crippen LogP contribution in [0.2, 0.25) is 0 Å². The minimum Gasteiger partial charge on any atom is -0.495 e. The number of rotatable bonds is 3. The standard InChI is InChI=1S/C13H16N2O2S/c1-17-10-6-4-5-9(13(14)18)12(10)15-8-3-2-7-11(15)16/h4-6H,2-3,7-8H2,1H3,(H2,14,18). The van der Waals surface area contributed by atoms with Crippen molar-refractivity contribution in [2.75, 3.05) is 18.6 Å². The molecule has 2 rings (SSSR count). The molecule has 1 amide bonds. The summed E-state index contributed by atoms with van der Waals surface area (Å²) in [6, 6.07) is 5.46. The summed E-state index contributed by atoms with van der Waals surface area (Å²) in [7, 11) is 1.58. The van der Waals surface area contributed by atoms with Gasteiger partial charge in [0.05, 0.1) is 12.8 Å². The van der Waals surface area contributed by atoms with Gasteiger partial charge in [0.2, 0.25) is 5.91 Å². The Bertz CT molecular complexity index is 488. The third-order valence-corrected chi connectivity index (χ3v) is 3.30. The zero-order valence-electron chi connectivity index (χ0n) is 10.3. The van der Waals surface area contributed by atoms with E-state index < -0.39 is 0 Å². The lowest BCUT2D eigenvalue weighted by Crippen LogP contribution is -2.36. The first-order valence-electron chi connectivity index (χ1n) is 5.92. The monoisotopic (exact) mass is 264 g/mol. The Kier molecular flexibility index (Phi) is 3.81. The van der Waals surface area contributed by atoms with Crippen LogP contribution in [0.15, 0.2) is 18.2 Å². The second-order valence-electron chi connectivity index (χ2n) is 4.22. The van der Waals surface area contributed by atoms with E-state index in [0.29, 0.717) is 30.0 Å². The number of nitrogens with zero attached hydrogens (tertiary/aromatic N) is 1. The molecule has 0 saturated carbocycles. The van der Waals surface area contributed by atoms with E-state index in [1.54, 1.807) is 12.0 Å². The molecule has 0 aromatic heterocycles. The Balaban J connectivity index is 2.52. The van der Waals surface area contributed by atoms with E-state index in [1.807, 2.05) is 18.2 Å². The van der Waals surface area contributed by atoms with E-state index >= 15 is 0 Å². The lowest BCUT2D eigenvalue weighted by atomic mass is 10.1. The van der Waals surface area contributed by atoms with Crippen LogP contribution < -0.4 is 15.4 Å². The fourth-order valence-corrected chi connectivity index (χ4v) is 2.37. The van der Waals surface area contributed by atoms with Crippen LogP contribution in [0, 0.1) is 0 Å². The summed E-state index contributed by atoms with van der Waals surface area (Å²) < 4.78 is 5.33. The number of piperidine rings is 1. The summed E-state index contributed by atoms with van der Waals surface area (Å²) in [5.74, 6) is 0.735. The summed E-state index contributed by atoms with van der Waals surface area (Å²) in [4.78, 5) is 14.0. The Morgan fingerprint density at radius 2 is 2.22 bits per heavy atom. The first-order chi connectivity index (χ1) is 8.65. The maximum Gasteiger partial charge on any atom is 0.227 e. The highest BCUT2D eigenvalue weighted by molar-refractivity contribution is 7.80. The number of anilines is 1. The highest BCUT2D eigenvalue weighted by Gasteiger charge is 2.25. The first kappa shape index (κ1) is 12.8. The third-order valence-electron chi connectivity index (χ3n) is 3.08. The Morgan fingerprint density at radius 3 is 2.83 bits per heavy atom. The van der Waals surface area contributed by atoms with Gasteiger partial charge in [0.25, 0.3) is 0 Å². The van der Waals surface area contributed by atoms with Crippen LogP contribution in [0.5, 0.6) is 5.75 Å². The highest BCUT2D eigenvalue weighted by atomic mass is 32.1. The average molecular weight is 264 g/mol. The Hall–Kier alpha value is -1.62. The van der Waals surface area contributed by atoms with Gasteiger partial charge < -0.3 is 15.4 Å². The van der Waals surface area contributed by atoms with Gasteiger partial charge in [-0.3, -0.25) is 4.79 Å². The van der Waals surface area contributed by atoms with Crippen molar-refractivity contribution in [1.82, 2.24) is 0 Å². The molecule has 18 heavy (non-hydrogen) atoms. The van der Waals surface area contributed by atoms with Crippen LogP contribution >= 0.6 is 12.2 Å². The SMILES string of the molecule is COc1cccc(C(N)=S)c1N1CCCCC1=O. The molecule has 2 N–H and O–H groups in total. The minimum absolute atomic E-state index is 0.100. The van der Waals surface area contributed by atoms with E-state index in [2.05, 4.69) is 0 Å². The molecule has 1 aromatic rings. The zero-order chi connectivity index (χ0) is 13.1. The number of hydrogen-bond acceptors (Lipinski definition) is 3. The predicted molar refractivity (Wildman–Crippen MR) is 75.1 cm³/mol. The van der Waals surface area contributed by atoms with Gasteiger partial charge in [0, 0.05) is 18.5 Å². The highest BCUT2D eigenvalue weighted by Crippen LogP contribution is 2.34. The second kappa shape index (κ2) is 5.35. The van der Waals surface area contributed by atoms with E-state index in [1.165, 1.54) is 0 Å². The Morgan fingerprint density at radius 1 is 1.44 bits per heavy atom. The smallest absolute Gasteiger partial charge is 0.227 e. The Labute approximate surface area is 112 Å². The number of amides is 1. The fourth-order valence-electron chi connectivity index (χ4n) is 2.21. The number of thiocarbonyl (C=S) groups is 1. The van der Waals surface area contributed by atoms with Crippen molar-refractivity contribution < 1.29 is 9.53 Å². The van der Waals surface area contributed by atoms with E-state index in [4.69, 9.17) is 22.7 Å². The van der Waals surface area contributed by atoms with E-state index in [0.717, 1.165) is 12.8 Å². The number of benzene rings is 1. The van der Waals surface area contributed by atoms with Crippen molar-refractivity contribution in [1.29, 1.82) is 0 Å². The molecule has 1 aliphatic rings. The third kappa shape index (κ3) is 2.31. The fraction of sp³-hybridized carbons (Fsp3) is 0.385. The van der Waals surface area contributed by atoms with Gasteiger partial charge in [0.1, 0.15) is 10.7 Å². The van der Waals surface area contributed by atoms with Crippen molar-refractivity contribution in [2.45, 2.75) is 19.3 Å². The summed E-state index contributed by atoms with van der Waals surface area (Å²) in [6.45, 7) is 0.689. The molecule has 0 aliphatic carbocycles. The number of para-hydroxylation sites is 1. The van der Waals surface area contributed by atoms with Crippen LogP contribution in [0.25, 0.3) is 0 Å². The number of nitrogens with two attached hydrogens (primary N) is 1. The average Bonchev–Trinajstić information content (AvgIpc) is 2.38. The van der Waals surface area contributed by atoms with Crippen molar-refractivity contribution in [3.8, 4) is 5.75 Å². The van der Waals surface area contributed by atoms with Crippen LogP contribution in [0.1, 0.15) is 24.8 Å². The van der Waals surface area contributed by atoms with Crippen LogP contribution in [-0.2, 0) is 4.79 Å². The molecule has 1 saturated heterocycles. The lowest BCUT2D eigenvalue weighted by Gasteiger charge is -2.29. The largest absolute Gasteiger partial charge is 0.495 e. The molecule has 0 atom stereocenters. The second-order valence-corrected chi connectivity index (χ2v) is 4.66. The molecular formula is C13H16N2O2S. The maximum absolute atomic E-state index is 12.0. The quantitative estimate of drug-likeness (QED) is 0.846. The predicted octanol–water partition coefficient (Wildman–Crippen LogP) is 1.85. The molecule has 1 fully saturated rings. The van der Waals surface area contributed by atoms with Crippen LogP contribution in [0.3, 0.4) is 0 Å². The molecule has 5 heteroatoms. The normalized spacial score (nSPS) is 15.6. The van der Waals surface area contributed by atoms with Crippen molar-refractivity contribution >= 4 is 28.8 Å². The first-order valence-corrected chi connectivity index (χ1v) is 6.33. The molecule has 96 valence electrons. The molecular weight excluding hydrogens is 248 g/mol. The summed E-state index contributed by atoms with van der Waals surface area (Å²) in [6.07, 6.45) is 2.49. The van der Waals surface area contributed by atoms with E-state index in [-0.39, 0.29) is 10.9 Å². The molecule has 0 spiro atoms. The molecule has 0 radical (unpaired) electrons. The van der Waals surface area contributed by atoms with Gasteiger partial charge in [-0.25, -0.2) is 0 Å². The van der Waals surface area contributed by atoms with Gasteiger partial charge in [-0.15, -0.1) is 0 Å². The minimum atomic E-state index is 0.100. The van der Waals surface area contributed by atoms with Crippen LogP contribution in [0.4, 0.5) is 5.69 Å². The molecule has 1 heterocycles. The molecule has 1 aliphatic heterocycles. The van der Waals surface area contributed by atoms with Gasteiger partial charge in [0.15, 0.2) is 0 Å². The number of carbonyl (C=O) groups excluding carboxylic acids is 1. The number of ether oxygens (including phenoxy) is 1. The summed E-state index contributed by atoms with van der Waals surface area (Å²) in [5.41, 5.74) is 7.13. The van der Waals surface area contributed by atoms with Gasteiger partial charge in [-0.2, -0.15) is 0 Å². The topological polar surface area (TPSA) is 55.6 Å². The van der Waals surface area contributed by atoms with Crippen LogP contribution in [-0.4, -0.2) is 24.6 Å². The molecule has 0 bridgehead atoms. The summed E-state index contributed by atoms with van der Waals surface area (Å²) >= 11 is 5.05. The van der Waals surface area contributed by atoms with Crippen molar-refractivity contribution in [3.63, 3.8) is 0 Å². The number of carbonyl (C=O) groups is 1. The van der Waals surface area contributed by atoms with Gasteiger partial charge in [-0.1, -0.05) is 18.3 Å².